The largest absolute Gasteiger partial charge is 0.395 e. The van der Waals surface area contributed by atoms with Crippen molar-refractivity contribution in [2.24, 2.45) is 0 Å². The van der Waals surface area contributed by atoms with Crippen LogP contribution in [0.4, 0.5) is 5.69 Å². The minimum Gasteiger partial charge on any atom is -0.395 e. The molecule has 2 heterocycles. The van der Waals surface area contributed by atoms with Crippen LogP contribution in [0.2, 0.25) is 0 Å². The zero-order valence-corrected chi connectivity index (χ0v) is 13.4. The van der Waals surface area contributed by atoms with Crippen molar-refractivity contribution < 1.29 is 14.7 Å². The molecule has 0 saturated carbocycles. The lowest BCUT2D eigenvalue weighted by Crippen LogP contribution is -2.34. The molecule has 3 rings (SSSR count). The molecule has 1 N–H and O–H groups in total. The molecule has 1 aliphatic heterocycles. The zero-order valence-electron chi connectivity index (χ0n) is 12.6. The molecular formula is C17H16N2O3S. The first-order chi connectivity index (χ1) is 11.1. The van der Waals surface area contributed by atoms with Gasteiger partial charge < -0.3 is 10.0 Å². The van der Waals surface area contributed by atoms with E-state index in [-0.39, 0.29) is 25.0 Å². The molecule has 0 atom stereocenters. The van der Waals surface area contributed by atoms with Crippen LogP contribution in [-0.2, 0) is 9.59 Å². The van der Waals surface area contributed by atoms with Gasteiger partial charge in [0.05, 0.1) is 17.9 Å². The van der Waals surface area contributed by atoms with Crippen LogP contribution >= 0.6 is 11.3 Å². The third-order valence-electron chi connectivity index (χ3n) is 3.66. The molecule has 0 spiro atoms. The van der Waals surface area contributed by atoms with E-state index in [1.165, 1.54) is 16.2 Å². The molecule has 2 amide bonds. The molecule has 5 nitrogen and oxygen atoms in total. The van der Waals surface area contributed by atoms with Gasteiger partial charge in [-0.3, -0.25) is 9.59 Å². The number of carbonyl (C=O) groups is 2. The Bertz CT molecular complexity index is 753. The Morgan fingerprint density at radius 1 is 1.09 bits per heavy atom. The Morgan fingerprint density at radius 3 is 2.43 bits per heavy atom. The summed E-state index contributed by atoms with van der Waals surface area (Å²) in [6.45, 7) is 0.191. The average Bonchev–Trinajstić information content (AvgIpc) is 3.14. The van der Waals surface area contributed by atoms with Gasteiger partial charge in [0.1, 0.15) is 5.70 Å². The second-order valence-electron chi connectivity index (χ2n) is 5.13. The Balaban J connectivity index is 2.10. The monoisotopic (exact) mass is 328 g/mol. The van der Waals surface area contributed by atoms with E-state index in [9.17, 15) is 14.7 Å². The van der Waals surface area contributed by atoms with Crippen molar-refractivity contribution >= 4 is 34.4 Å². The van der Waals surface area contributed by atoms with Crippen LogP contribution in [0.25, 0.3) is 5.57 Å². The van der Waals surface area contributed by atoms with Crippen molar-refractivity contribution in [2.45, 2.75) is 0 Å². The topological polar surface area (TPSA) is 60.9 Å². The molecule has 2 aromatic rings. The number of anilines is 1. The van der Waals surface area contributed by atoms with E-state index in [2.05, 4.69) is 0 Å². The lowest BCUT2D eigenvalue weighted by atomic mass is 10.2. The predicted molar refractivity (Wildman–Crippen MR) is 89.9 cm³/mol. The van der Waals surface area contributed by atoms with Crippen molar-refractivity contribution in [3.05, 3.63) is 58.4 Å². The molecule has 1 aromatic carbocycles. The molecule has 0 bridgehead atoms. The third-order valence-corrected chi connectivity index (χ3v) is 4.55. The molecule has 118 valence electrons. The van der Waals surface area contributed by atoms with Gasteiger partial charge in [-0.1, -0.05) is 24.3 Å². The maximum Gasteiger partial charge on any atom is 0.282 e. The molecule has 6 heteroatoms. The Kier molecular flexibility index (Phi) is 4.27. The molecular weight excluding hydrogens is 312 g/mol. The smallest absolute Gasteiger partial charge is 0.282 e. The van der Waals surface area contributed by atoms with Crippen molar-refractivity contribution in [1.29, 1.82) is 0 Å². The lowest BCUT2D eigenvalue weighted by molar-refractivity contribution is -0.120. The fraction of sp³-hybridized carbons (Fsp3) is 0.176. The van der Waals surface area contributed by atoms with Gasteiger partial charge in [0.25, 0.3) is 11.8 Å². The number of para-hydroxylation sites is 1. The zero-order chi connectivity index (χ0) is 16.4. The molecule has 23 heavy (non-hydrogen) atoms. The second-order valence-corrected chi connectivity index (χ2v) is 6.08. The molecule has 0 saturated heterocycles. The van der Waals surface area contributed by atoms with Gasteiger partial charge in [-0.05, 0) is 23.6 Å². The van der Waals surface area contributed by atoms with E-state index in [1.807, 2.05) is 23.6 Å². The number of aliphatic hydroxyl groups excluding tert-OH is 1. The van der Waals surface area contributed by atoms with E-state index in [4.69, 9.17) is 0 Å². The Hall–Kier alpha value is -2.44. The number of likely N-dealkylation sites (N-methyl/N-ethyl adjacent to an activating group) is 1. The van der Waals surface area contributed by atoms with Crippen LogP contribution in [0.3, 0.4) is 0 Å². The number of imide groups is 1. The number of aliphatic hydroxyl groups is 1. The van der Waals surface area contributed by atoms with Crippen molar-refractivity contribution in [1.82, 2.24) is 4.90 Å². The normalized spacial score (nSPS) is 14.8. The first-order valence-electron chi connectivity index (χ1n) is 7.19. The van der Waals surface area contributed by atoms with Gasteiger partial charge in [-0.2, -0.15) is 0 Å². The van der Waals surface area contributed by atoms with Crippen LogP contribution in [0.1, 0.15) is 4.88 Å². The Labute approximate surface area is 138 Å². The first kappa shape index (κ1) is 15.5. The first-order valence-corrected chi connectivity index (χ1v) is 8.07. The van der Waals surface area contributed by atoms with E-state index in [1.54, 1.807) is 36.2 Å². The lowest BCUT2D eigenvalue weighted by Gasteiger charge is -2.20. The van der Waals surface area contributed by atoms with Gasteiger partial charge in [0.2, 0.25) is 0 Å². The van der Waals surface area contributed by atoms with Gasteiger partial charge in [0.15, 0.2) is 0 Å². The van der Waals surface area contributed by atoms with Gasteiger partial charge in [-0.25, -0.2) is 4.90 Å². The summed E-state index contributed by atoms with van der Waals surface area (Å²) in [5.74, 6) is -0.691. The van der Waals surface area contributed by atoms with E-state index >= 15 is 0 Å². The van der Waals surface area contributed by atoms with E-state index in [0.29, 0.717) is 17.0 Å². The molecule has 0 fully saturated rings. The van der Waals surface area contributed by atoms with Crippen LogP contribution in [-0.4, -0.2) is 42.0 Å². The summed E-state index contributed by atoms with van der Waals surface area (Å²) >= 11 is 1.42. The molecule has 1 aliphatic rings. The fourth-order valence-electron chi connectivity index (χ4n) is 2.59. The number of carbonyl (C=O) groups excluding carboxylic acids is 2. The third kappa shape index (κ3) is 2.67. The van der Waals surface area contributed by atoms with E-state index in [0.717, 1.165) is 4.88 Å². The highest BCUT2D eigenvalue weighted by molar-refractivity contribution is 7.11. The quantitative estimate of drug-likeness (QED) is 0.853. The van der Waals surface area contributed by atoms with Crippen LogP contribution in [0, 0.1) is 0 Å². The van der Waals surface area contributed by atoms with Crippen molar-refractivity contribution in [3.63, 3.8) is 0 Å². The summed E-state index contributed by atoms with van der Waals surface area (Å²) in [6.07, 6.45) is 0. The summed E-state index contributed by atoms with van der Waals surface area (Å²) in [6, 6.07) is 12.5. The van der Waals surface area contributed by atoms with Crippen molar-refractivity contribution in [3.8, 4) is 0 Å². The Morgan fingerprint density at radius 2 is 1.83 bits per heavy atom. The summed E-state index contributed by atoms with van der Waals surface area (Å²) in [5, 5.41) is 11.0. The maximum atomic E-state index is 12.9. The highest BCUT2D eigenvalue weighted by Gasteiger charge is 2.41. The number of rotatable bonds is 5. The minimum atomic E-state index is -0.361. The number of thiophene rings is 1. The summed E-state index contributed by atoms with van der Waals surface area (Å²) in [5.41, 5.74) is 1.27. The van der Waals surface area contributed by atoms with Gasteiger partial charge >= 0.3 is 0 Å². The molecule has 1 aromatic heterocycles. The summed E-state index contributed by atoms with van der Waals surface area (Å²) < 4.78 is 0. The average molecular weight is 328 g/mol. The summed E-state index contributed by atoms with van der Waals surface area (Å²) in [7, 11) is 1.71. The van der Waals surface area contributed by atoms with Crippen molar-refractivity contribution in [2.75, 3.05) is 25.1 Å². The number of hydrogen-bond donors (Lipinski definition) is 1. The second kappa shape index (κ2) is 6.36. The van der Waals surface area contributed by atoms with Gasteiger partial charge in [-0.15, -0.1) is 11.3 Å². The van der Waals surface area contributed by atoms with Gasteiger partial charge in [0, 0.05) is 18.5 Å². The number of hydrogen-bond acceptors (Lipinski definition) is 5. The predicted octanol–water partition coefficient (Wildman–Crippen LogP) is 1.96. The number of benzene rings is 1. The standard InChI is InChI=1S/C17H16N2O3S/c1-18(9-10-20)15-14(13-8-5-11-23-13)16(21)19(17(15)22)12-6-3-2-4-7-12/h2-8,11,20H,9-10H2,1H3. The molecule has 0 unspecified atom stereocenters. The highest BCUT2D eigenvalue weighted by atomic mass is 32.1. The molecule has 0 radical (unpaired) electrons. The maximum absolute atomic E-state index is 12.9. The molecule has 0 aliphatic carbocycles. The van der Waals surface area contributed by atoms with E-state index < -0.39 is 0 Å². The highest BCUT2D eigenvalue weighted by Crippen LogP contribution is 2.35. The number of nitrogens with zero attached hydrogens (tertiary/aromatic N) is 2. The minimum absolute atomic E-state index is 0.0927. The summed E-state index contributed by atoms with van der Waals surface area (Å²) in [4.78, 5) is 29.3. The van der Waals surface area contributed by atoms with Crippen LogP contribution in [0.5, 0.6) is 0 Å². The SMILES string of the molecule is CN(CCO)C1=C(c2cccs2)C(=O)N(c2ccccc2)C1=O. The van der Waals surface area contributed by atoms with Crippen LogP contribution < -0.4 is 4.90 Å². The fourth-order valence-corrected chi connectivity index (χ4v) is 3.35. The number of amides is 2. The van der Waals surface area contributed by atoms with Crippen LogP contribution in [0.15, 0.2) is 53.5 Å².